The fourth-order valence-corrected chi connectivity index (χ4v) is 2.04. The Hall–Kier alpha value is -1.55. The summed E-state index contributed by atoms with van der Waals surface area (Å²) in [5.74, 6) is -0.330. The summed E-state index contributed by atoms with van der Waals surface area (Å²) >= 11 is 0. The number of primary amides is 1. The second-order valence-electron chi connectivity index (χ2n) is 4.92. The Balaban J connectivity index is 2.85. The molecule has 0 aromatic heterocycles. The van der Waals surface area contributed by atoms with Crippen molar-refractivity contribution in [2.45, 2.75) is 26.3 Å². The Kier molecular flexibility index (Phi) is 4.73. The number of hydrogen-bond donors (Lipinski definition) is 2. The second-order valence-corrected chi connectivity index (χ2v) is 4.92. The fraction of sp³-hybridized carbons (Fsp3) is 0.500. The van der Waals surface area contributed by atoms with Crippen molar-refractivity contribution in [3.63, 3.8) is 0 Å². The lowest BCUT2D eigenvalue weighted by molar-refractivity contribution is -0.123. The molecule has 0 aliphatic rings. The van der Waals surface area contributed by atoms with Crippen molar-refractivity contribution in [1.82, 2.24) is 5.32 Å². The largest absolute Gasteiger partial charge is 0.372 e. The van der Waals surface area contributed by atoms with Crippen molar-refractivity contribution in [2.24, 2.45) is 5.73 Å². The van der Waals surface area contributed by atoms with E-state index in [2.05, 4.69) is 24.4 Å². The second kappa shape index (κ2) is 5.87. The summed E-state index contributed by atoms with van der Waals surface area (Å²) in [7, 11) is 1.97. The van der Waals surface area contributed by atoms with E-state index < -0.39 is 5.54 Å². The van der Waals surface area contributed by atoms with Crippen LogP contribution in [-0.2, 0) is 4.79 Å². The van der Waals surface area contributed by atoms with Gasteiger partial charge in [-0.25, -0.2) is 0 Å². The molecule has 100 valence electrons. The predicted molar refractivity (Wildman–Crippen MR) is 75.7 cm³/mol. The highest BCUT2D eigenvalue weighted by Crippen LogP contribution is 2.17. The predicted octanol–water partition coefficient (Wildman–Crippen LogP) is 1.28. The first-order valence-corrected chi connectivity index (χ1v) is 6.22. The van der Waals surface area contributed by atoms with Crippen LogP contribution in [0.1, 0.15) is 19.4 Å². The average molecular weight is 249 g/mol. The molecule has 0 saturated carbocycles. The third-order valence-corrected chi connectivity index (χ3v) is 3.11. The number of hydrogen-bond acceptors (Lipinski definition) is 3. The first-order valence-electron chi connectivity index (χ1n) is 6.22. The van der Waals surface area contributed by atoms with E-state index >= 15 is 0 Å². The maximum atomic E-state index is 11.6. The van der Waals surface area contributed by atoms with E-state index in [0.717, 1.165) is 5.69 Å². The van der Waals surface area contributed by atoms with Gasteiger partial charge in [-0.3, -0.25) is 4.79 Å². The third kappa shape index (κ3) is 3.47. The van der Waals surface area contributed by atoms with Crippen LogP contribution in [0.25, 0.3) is 0 Å². The number of carbonyl (C=O) groups excluding carboxylic acids is 1. The van der Waals surface area contributed by atoms with Crippen LogP contribution in [0.4, 0.5) is 5.69 Å². The van der Waals surface area contributed by atoms with Gasteiger partial charge in [0, 0.05) is 19.3 Å². The molecule has 0 spiro atoms. The number of nitrogens with two attached hydrogens (primary N) is 1. The van der Waals surface area contributed by atoms with Gasteiger partial charge in [0.15, 0.2) is 0 Å². The Morgan fingerprint density at radius 2 is 2.17 bits per heavy atom. The highest BCUT2D eigenvalue weighted by atomic mass is 16.1. The van der Waals surface area contributed by atoms with Gasteiger partial charge in [-0.1, -0.05) is 19.1 Å². The summed E-state index contributed by atoms with van der Waals surface area (Å²) in [6.45, 7) is 7.11. The standard InChI is InChI=1S/C14H23N3O/c1-5-16-14(3,13(15)18)10-17(4)12-8-6-7-11(2)9-12/h6-9,16H,5,10H2,1-4H3,(H2,15,18). The zero-order valence-electron chi connectivity index (χ0n) is 11.7. The maximum absolute atomic E-state index is 11.6. The van der Waals surface area contributed by atoms with Gasteiger partial charge in [-0.05, 0) is 38.1 Å². The minimum absolute atomic E-state index is 0.330. The zero-order chi connectivity index (χ0) is 13.8. The van der Waals surface area contributed by atoms with Gasteiger partial charge in [0.2, 0.25) is 5.91 Å². The Morgan fingerprint density at radius 3 is 2.67 bits per heavy atom. The minimum atomic E-state index is -0.715. The van der Waals surface area contributed by atoms with Crippen LogP contribution in [0, 0.1) is 6.92 Å². The number of benzene rings is 1. The number of likely N-dealkylation sites (N-methyl/N-ethyl adjacent to an activating group) is 2. The molecule has 3 N–H and O–H groups in total. The quantitative estimate of drug-likeness (QED) is 0.798. The summed E-state index contributed by atoms with van der Waals surface area (Å²) in [6.07, 6.45) is 0. The highest BCUT2D eigenvalue weighted by molar-refractivity contribution is 5.85. The smallest absolute Gasteiger partial charge is 0.239 e. The molecule has 0 bridgehead atoms. The molecule has 4 nitrogen and oxygen atoms in total. The molecular formula is C14H23N3O. The van der Waals surface area contributed by atoms with Crippen molar-refractivity contribution < 1.29 is 4.79 Å². The van der Waals surface area contributed by atoms with E-state index in [9.17, 15) is 4.79 Å². The normalized spacial score (nSPS) is 14.0. The molecule has 1 aromatic rings. The summed E-state index contributed by atoms with van der Waals surface area (Å²) in [6, 6.07) is 8.18. The lowest BCUT2D eigenvalue weighted by atomic mass is 10.0. The molecule has 1 rings (SSSR count). The SMILES string of the molecule is CCNC(C)(CN(C)c1cccc(C)c1)C(N)=O. The number of nitrogens with zero attached hydrogens (tertiary/aromatic N) is 1. The van der Waals surface area contributed by atoms with Crippen molar-refractivity contribution in [3.05, 3.63) is 29.8 Å². The molecule has 1 amide bonds. The molecular weight excluding hydrogens is 226 g/mol. The Bertz CT molecular complexity index is 419. The summed E-state index contributed by atoms with van der Waals surface area (Å²) < 4.78 is 0. The number of amides is 1. The molecule has 4 heteroatoms. The van der Waals surface area contributed by atoms with Crippen LogP contribution in [0.5, 0.6) is 0 Å². The molecule has 1 unspecified atom stereocenters. The molecule has 0 radical (unpaired) electrons. The summed E-state index contributed by atoms with van der Waals surface area (Å²) in [5, 5.41) is 3.16. The topological polar surface area (TPSA) is 58.4 Å². The molecule has 18 heavy (non-hydrogen) atoms. The van der Waals surface area contributed by atoms with Gasteiger partial charge in [-0.2, -0.15) is 0 Å². The third-order valence-electron chi connectivity index (χ3n) is 3.11. The van der Waals surface area contributed by atoms with Crippen LogP contribution in [-0.4, -0.2) is 31.6 Å². The van der Waals surface area contributed by atoms with Gasteiger partial charge in [0.1, 0.15) is 5.54 Å². The van der Waals surface area contributed by atoms with Crippen LogP contribution in [0.3, 0.4) is 0 Å². The Morgan fingerprint density at radius 1 is 1.50 bits per heavy atom. The summed E-state index contributed by atoms with van der Waals surface area (Å²) in [4.78, 5) is 13.6. The first kappa shape index (κ1) is 14.5. The molecule has 0 fully saturated rings. The summed E-state index contributed by atoms with van der Waals surface area (Å²) in [5.41, 5.74) is 7.05. The van der Waals surface area contributed by atoms with Crippen molar-refractivity contribution in [3.8, 4) is 0 Å². The number of carbonyl (C=O) groups is 1. The number of nitrogens with one attached hydrogen (secondary N) is 1. The molecule has 1 aromatic carbocycles. The van der Waals surface area contributed by atoms with E-state index in [1.54, 1.807) is 0 Å². The van der Waals surface area contributed by atoms with Crippen molar-refractivity contribution >= 4 is 11.6 Å². The van der Waals surface area contributed by atoms with Gasteiger partial charge < -0.3 is 16.0 Å². The van der Waals surface area contributed by atoms with Crippen molar-refractivity contribution in [2.75, 3.05) is 25.0 Å². The Labute approximate surface area is 109 Å². The molecule has 1 atom stereocenters. The van der Waals surface area contributed by atoms with Crippen LogP contribution < -0.4 is 16.0 Å². The average Bonchev–Trinajstić information content (AvgIpc) is 2.29. The lowest BCUT2D eigenvalue weighted by Gasteiger charge is -2.33. The van der Waals surface area contributed by atoms with Crippen LogP contribution in [0.15, 0.2) is 24.3 Å². The van der Waals surface area contributed by atoms with E-state index in [0.29, 0.717) is 13.1 Å². The van der Waals surface area contributed by atoms with E-state index in [1.807, 2.05) is 37.9 Å². The lowest BCUT2D eigenvalue weighted by Crippen LogP contribution is -2.59. The number of rotatable bonds is 6. The van der Waals surface area contributed by atoms with Gasteiger partial charge in [0.05, 0.1) is 0 Å². The van der Waals surface area contributed by atoms with E-state index in [4.69, 9.17) is 5.73 Å². The van der Waals surface area contributed by atoms with E-state index in [1.165, 1.54) is 5.56 Å². The highest BCUT2D eigenvalue weighted by Gasteiger charge is 2.31. The minimum Gasteiger partial charge on any atom is -0.372 e. The zero-order valence-corrected chi connectivity index (χ0v) is 11.7. The van der Waals surface area contributed by atoms with Crippen LogP contribution in [0.2, 0.25) is 0 Å². The van der Waals surface area contributed by atoms with Gasteiger partial charge in [-0.15, -0.1) is 0 Å². The van der Waals surface area contributed by atoms with Gasteiger partial charge >= 0.3 is 0 Å². The molecule has 0 aliphatic carbocycles. The first-order chi connectivity index (χ1) is 8.39. The van der Waals surface area contributed by atoms with E-state index in [-0.39, 0.29) is 5.91 Å². The van der Waals surface area contributed by atoms with Crippen LogP contribution >= 0.6 is 0 Å². The molecule has 0 heterocycles. The van der Waals surface area contributed by atoms with Crippen molar-refractivity contribution in [1.29, 1.82) is 0 Å². The fourth-order valence-electron chi connectivity index (χ4n) is 2.04. The molecule has 0 aliphatic heterocycles. The monoisotopic (exact) mass is 249 g/mol. The van der Waals surface area contributed by atoms with Gasteiger partial charge in [0.25, 0.3) is 0 Å². The number of aryl methyl sites for hydroxylation is 1. The number of anilines is 1. The molecule has 0 saturated heterocycles. The maximum Gasteiger partial charge on any atom is 0.239 e.